The molecule has 2 rings (SSSR count). The van der Waals surface area contributed by atoms with Gasteiger partial charge in [0.05, 0.1) is 0 Å². The van der Waals surface area contributed by atoms with Gasteiger partial charge in [-0.1, -0.05) is 30.3 Å². The Kier molecular flexibility index (Phi) is 5.92. The van der Waals surface area contributed by atoms with Gasteiger partial charge in [-0.3, -0.25) is 4.79 Å². The number of para-hydroxylation sites is 1. The van der Waals surface area contributed by atoms with E-state index in [4.69, 9.17) is 0 Å². The highest BCUT2D eigenvalue weighted by Crippen LogP contribution is 2.14. The molecule has 120 valence electrons. The van der Waals surface area contributed by atoms with E-state index in [-0.39, 0.29) is 11.7 Å². The number of hydrogen-bond donors (Lipinski definition) is 1. The molecule has 0 aliphatic heterocycles. The lowest BCUT2D eigenvalue weighted by Gasteiger charge is -2.19. The predicted octanol–water partition coefficient (Wildman–Crippen LogP) is 3.48. The smallest absolute Gasteiger partial charge is 0.244 e. The average Bonchev–Trinajstić information content (AvgIpc) is 2.56. The second-order valence-corrected chi connectivity index (χ2v) is 5.38. The highest BCUT2D eigenvalue weighted by Gasteiger charge is 2.03. The van der Waals surface area contributed by atoms with Crippen LogP contribution in [0.2, 0.25) is 0 Å². The van der Waals surface area contributed by atoms with E-state index in [0.29, 0.717) is 6.54 Å². The summed E-state index contributed by atoms with van der Waals surface area (Å²) in [5.41, 5.74) is 2.75. The van der Waals surface area contributed by atoms with Crippen molar-refractivity contribution in [1.29, 1.82) is 0 Å². The summed E-state index contributed by atoms with van der Waals surface area (Å²) in [5, 5.41) is 2.86. The molecular weight excluding hydrogens is 291 g/mol. The lowest BCUT2D eigenvalue weighted by atomic mass is 10.1. The average molecular weight is 312 g/mol. The van der Waals surface area contributed by atoms with Crippen LogP contribution in [-0.4, -0.2) is 26.0 Å². The summed E-state index contributed by atoms with van der Waals surface area (Å²) in [6, 6.07) is 16.1. The maximum atomic E-state index is 12.9. The van der Waals surface area contributed by atoms with Gasteiger partial charge in [0.25, 0.3) is 0 Å². The molecule has 23 heavy (non-hydrogen) atoms. The number of allylic oxidation sites excluding steroid dienone is 1. The second-order valence-electron chi connectivity index (χ2n) is 5.38. The fourth-order valence-electron chi connectivity index (χ4n) is 2.20. The first-order chi connectivity index (χ1) is 11.1. The molecule has 1 N–H and O–H groups in total. The molecule has 0 saturated heterocycles. The van der Waals surface area contributed by atoms with Crippen LogP contribution in [0.4, 0.5) is 10.1 Å². The van der Waals surface area contributed by atoms with Gasteiger partial charge >= 0.3 is 0 Å². The number of nitrogens with one attached hydrogen (secondary N) is 1. The second kappa shape index (κ2) is 8.13. The van der Waals surface area contributed by atoms with Crippen LogP contribution >= 0.6 is 0 Å². The van der Waals surface area contributed by atoms with Crippen molar-refractivity contribution in [3.63, 3.8) is 0 Å². The molecule has 2 aromatic rings. The Morgan fingerprint density at radius 1 is 1.13 bits per heavy atom. The van der Waals surface area contributed by atoms with Gasteiger partial charge in [0, 0.05) is 31.9 Å². The third-order valence-electron chi connectivity index (χ3n) is 3.59. The summed E-state index contributed by atoms with van der Waals surface area (Å²) in [4.78, 5) is 14.0. The number of halogens is 1. The maximum Gasteiger partial charge on any atom is 0.244 e. The van der Waals surface area contributed by atoms with E-state index >= 15 is 0 Å². The molecule has 0 aliphatic rings. The van der Waals surface area contributed by atoms with E-state index in [9.17, 15) is 9.18 Å². The fourth-order valence-corrected chi connectivity index (χ4v) is 2.20. The molecule has 0 aliphatic carbocycles. The highest BCUT2D eigenvalue weighted by molar-refractivity contribution is 5.94. The number of amides is 1. The van der Waals surface area contributed by atoms with Crippen LogP contribution < -0.4 is 10.2 Å². The Balaban J connectivity index is 1.83. The van der Waals surface area contributed by atoms with Crippen molar-refractivity contribution in [3.05, 3.63) is 72.1 Å². The van der Waals surface area contributed by atoms with Crippen LogP contribution in [0.25, 0.3) is 5.57 Å². The van der Waals surface area contributed by atoms with E-state index in [1.807, 2.05) is 44.3 Å². The molecule has 0 bridgehead atoms. The molecular formula is C19H21FN2O. The predicted molar refractivity (Wildman–Crippen MR) is 92.8 cm³/mol. The number of benzene rings is 2. The lowest BCUT2D eigenvalue weighted by molar-refractivity contribution is -0.116. The van der Waals surface area contributed by atoms with E-state index in [1.54, 1.807) is 12.1 Å². The van der Waals surface area contributed by atoms with E-state index < -0.39 is 0 Å². The summed E-state index contributed by atoms with van der Waals surface area (Å²) in [7, 11) is 1.99. The summed E-state index contributed by atoms with van der Waals surface area (Å²) in [5.74, 6) is -0.428. The van der Waals surface area contributed by atoms with Crippen molar-refractivity contribution in [2.45, 2.75) is 6.92 Å². The molecule has 0 aromatic heterocycles. The van der Waals surface area contributed by atoms with Crippen LogP contribution in [0.1, 0.15) is 12.5 Å². The Morgan fingerprint density at radius 3 is 2.43 bits per heavy atom. The first-order valence-electron chi connectivity index (χ1n) is 7.54. The Bertz CT molecular complexity index is 666. The van der Waals surface area contributed by atoms with Crippen molar-refractivity contribution in [2.75, 3.05) is 25.0 Å². The van der Waals surface area contributed by atoms with Crippen molar-refractivity contribution in [2.24, 2.45) is 0 Å². The molecule has 1 amide bonds. The number of carbonyl (C=O) groups excluding carboxylic acids is 1. The minimum absolute atomic E-state index is 0.145. The normalized spacial score (nSPS) is 11.2. The zero-order valence-electron chi connectivity index (χ0n) is 13.4. The summed E-state index contributed by atoms with van der Waals surface area (Å²) in [6.07, 6.45) is 1.54. The largest absolute Gasteiger partial charge is 0.373 e. The molecule has 0 fully saturated rings. The fraction of sp³-hybridized carbons (Fsp3) is 0.211. The van der Waals surface area contributed by atoms with Crippen LogP contribution in [-0.2, 0) is 4.79 Å². The number of rotatable bonds is 6. The zero-order chi connectivity index (χ0) is 16.7. The van der Waals surface area contributed by atoms with Gasteiger partial charge < -0.3 is 10.2 Å². The quantitative estimate of drug-likeness (QED) is 0.828. The molecule has 0 spiro atoms. The summed E-state index contributed by atoms with van der Waals surface area (Å²) in [6.45, 7) is 3.11. The Morgan fingerprint density at radius 2 is 1.78 bits per heavy atom. The molecule has 0 saturated carbocycles. The van der Waals surface area contributed by atoms with Gasteiger partial charge in [-0.15, -0.1) is 0 Å². The standard InChI is InChI=1S/C19H21FN2O/c1-15(16-8-10-17(20)11-9-16)14-19(23)21-12-13-22(2)18-6-4-3-5-7-18/h3-11,14H,12-13H2,1-2H3,(H,21,23)/b15-14-. The van der Waals surface area contributed by atoms with Crippen molar-refractivity contribution in [1.82, 2.24) is 5.32 Å². The molecule has 0 unspecified atom stereocenters. The highest BCUT2D eigenvalue weighted by atomic mass is 19.1. The summed E-state index contributed by atoms with van der Waals surface area (Å²) < 4.78 is 12.9. The van der Waals surface area contributed by atoms with E-state index in [1.165, 1.54) is 18.2 Å². The van der Waals surface area contributed by atoms with Gasteiger partial charge in [-0.05, 0) is 42.3 Å². The minimum atomic E-state index is -0.282. The number of anilines is 1. The van der Waals surface area contributed by atoms with Gasteiger partial charge in [-0.2, -0.15) is 0 Å². The van der Waals surface area contributed by atoms with E-state index in [2.05, 4.69) is 10.2 Å². The van der Waals surface area contributed by atoms with Crippen LogP contribution in [0.5, 0.6) is 0 Å². The third-order valence-corrected chi connectivity index (χ3v) is 3.59. The number of carbonyl (C=O) groups is 1. The molecule has 0 radical (unpaired) electrons. The lowest BCUT2D eigenvalue weighted by Crippen LogP contribution is -2.32. The number of nitrogens with zero attached hydrogens (tertiary/aromatic N) is 1. The monoisotopic (exact) mass is 312 g/mol. The van der Waals surface area contributed by atoms with Crippen LogP contribution in [0.15, 0.2) is 60.7 Å². The first-order valence-corrected chi connectivity index (χ1v) is 7.54. The number of likely N-dealkylation sites (N-methyl/N-ethyl adjacent to an activating group) is 1. The molecule has 2 aromatic carbocycles. The zero-order valence-corrected chi connectivity index (χ0v) is 13.4. The minimum Gasteiger partial charge on any atom is -0.373 e. The van der Waals surface area contributed by atoms with Crippen molar-refractivity contribution in [3.8, 4) is 0 Å². The Hall–Kier alpha value is -2.62. The van der Waals surface area contributed by atoms with Gasteiger partial charge in [-0.25, -0.2) is 4.39 Å². The van der Waals surface area contributed by atoms with Crippen LogP contribution in [0.3, 0.4) is 0 Å². The molecule has 0 atom stereocenters. The van der Waals surface area contributed by atoms with Gasteiger partial charge in [0.1, 0.15) is 5.82 Å². The third kappa shape index (κ3) is 5.25. The van der Waals surface area contributed by atoms with Crippen molar-refractivity contribution >= 4 is 17.2 Å². The molecule has 0 heterocycles. The summed E-state index contributed by atoms with van der Waals surface area (Å²) >= 11 is 0. The maximum absolute atomic E-state index is 12.9. The van der Waals surface area contributed by atoms with Gasteiger partial charge in [0.2, 0.25) is 5.91 Å². The number of hydrogen-bond acceptors (Lipinski definition) is 2. The van der Waals surface area contributed by atoms with Crippen LogP contribution in [0, 0.1) is 5.82 Å². The van der Waals surface area contributed by atoms with Gasteiger partial charge in [0.15, 0.2) is 0 Å². The van der Waals surface area contributed by atoms with E-state index in [0.717, 1.165) is 23.4 Å². The molecule has 4 heteroatoms. The molecule has 3 nitrogen and oxygen atoms in total. The first kappa shape index (κ1) is 16.7. The Labute approximate surface area is 136 Å². The van der Waals surface area contributed by atoms with Crippen molar-refractivity contribution < 1.29 is 9.18 Å². The topological polar surface area (TPSA) is 32.3 Å². The SMILES string of the molecule is C/C(=C/C(=O)NCCN(C)c1ccccc1)c1ccc(F)cc1.